The summed E-state index contributed by atoms with van der Waals surface area (Å²) >= 11 is 0. The van der Waals surface area contributed by atoms with E-state index in [0.29, 0.717) is 0 Å². The molecule has 109 valence electrons. The van der Waals surface area contributed by atoms with E-state index in [-0.39, 0.29) is 21.4 Å². The molecule has 0 spiro atoms. The smallest absolute Gasteiger partial charge is 0.208 e. The number of nitrogens with zero attached hydrogens (tertiary/aromatic N) is 1. The summed E-state index contributed by atoms with van der Waals surface area (Å²) in [6.45, 7) is 4.37. The Hall–Kier alpha value is -0.353. The van der Waals surface area contributed by atoms with Crippen LogP contribution < -0.4 is 12.4 Å². The molecular weight excluding hydrogens is 274 g/mol. The second kappa shape index (κ2) is 9.53. The Bertz CT molecular complexity index is 321. The molecule has 1 saturated heterocycles. The predicted molar refractivity (Wildman–Crippen MR) is 79.8 cm³/mol. The Kier molecular flexibility index (Phi) is 9.36. The van der Waals surface area contributed by atoms with E-state index < -0.39 is 0 Å². The van der Waals surface area contributed by atoms with E-state index in [1.807, 2.05) is 0 Å². The quantitative estimate of drug-likeness (QED) is 0.564. The standard InChI is InChI=1S/C10H16N.C5H11OSi.ClH/c1-11(2,3)9-10-7-5-4-6-8-10;1-7-5-3-2-4-6-7;/h4-8H,9H2,1-3H3;2-5H2,1H3;1H/q+1;;/p-1. The van der Waals surface area contributed by atoms with E-state index in [1.54, 1.807) is 0 Å². The van der Waals surface area contributed by atoms with Crippen molar-refractivity contribution in [2.75, 3.05) is 27.7 Å². The number of rotatable bonds is 2. The Labute approximate surface area is 126 Å². The summed E-state index contributed by atoms with van der Waals surface area (Å²) in [4.78, 5) is 0. The summed E-state index contributed by atoms with van der Waals surface area (Å²) in [7, 11) is 6.31. The summed E-state index contributed by atoms with van der Waals surface area (Å²) in [6, 6.07) is 11.9. The van der Waals surface area contributed by atoms with Gasteiger partial charge < -0.3 is 21.3 Å². The van der Waals surface area contributed by atoms with Gasteiger partial charge in [0.05, 0.1) is 21.1 Å². The predicted octanol–water partition coefficient (Wildman–Crippen LogP) is 0.315. The molecule has 0 amide bonds. The van der Waals surface area contributed by atoms with Crippen molar-refractivity contribution >= 4 is 9.04 Å². The highest BCUT2D eigenvalue weighted by Crippen LogP contribution is 2.09. The van der Waals surface area contributed by atoms with Crippen LogP contribution in [0.15, 0.2) is 30.3 Å². The number of benzene rings is 1. The molecule has 2 rings (SSSR count). The van der Waals surface area contributed by atoms with Crippen molar-refractivity contribution in [3.8, 4) is 0 Å². The Balaban J connectivity index is 0.000000352. The van der Waals surface area contributed by atoms with E-state index in [1.165, 1.54) is 24.4 Å². The minimum Gasteiger partial charge on any atom is -1.00 e. The van der Waals surface area contributed by atoms with Crippen LogP contribution in [0.2, 0.25) is 12.6 Å². The van der Waals surface area contributed by atoms with Crippen molar-refractivity contribution in [3.63, 3.8) is 0 Å². The number of hydrogen-bond donors (Lipinski definition) is 0. The molecule has 0 N–H and O–H groups in total. The van der Waals surface area contributed by atoms with E-state index >= 15 is 0 Å². The average molecular weight is 301 g/mol. The van der Waals surface area contributed by atoms with Gasteiger partial charge in [0, 0.05) is 12.2 Å². The van der Waals surface area contributed by atoms with Gasteiger partial charge in [-0.25, -0.2) is 0 Å². The van der Waals surface area contributed by atoms with Gasteiger partial charge in [0.2, 0.25) is 9.04 Å². The monoisotopic (exact) mass is 300 g/mol. The van der Waals surface area contributed by atoms with Crippen LogP contribution in [0.25, 0.3) is 0 Å². The maximum atomic E-state index is 5.38. The molecule has 1 aromatic carbocycles. The van der Waals surface area contributed by atoms with Crippen LogP contribution in [0.3, 0.4) is 0 Å². The highest BCUT2D eigenvalue weighted by Gasteiger charge is 2.09. The van der Waals surface area contributed by atoms with Crippen LogP contribution in [0.4, 0.5) is 0 Å². The first-order valence-electron chi connectivity index (χ1n) is 6.77. The Morgan fingerprint density at radius 1 is 1.11 bits per heavy atom. The Morgan fingerprint density at radius 3 is 2.11 bits per heavy atom. The van der Waals surface area contributed by atoms with E-state index in [0.717, 1.165) is 17.6 Å². The SMILES string of the molecule is C[N+](C)(C)Cc1ccccc1.C[Si]1CCCCO1.[Cl-]. The summed E-state index contributed by atoms with van der Waals surface area (Å²) in [6.07, 6.45) is 2.70. The van der Waals surface area contributed by atoms with Crippen molar-refractivity contribution in [1.82, 2.24) is 0 Å². The van der Waals surface area contributed by atoms with Crippen LogP contribution in [-0.4, -0.2) is 41.3 Å². The molecule has 4 heteroatoms. The molecule has 1 heterocycles. The van der Waals surface area contributed by atoms with Gasteiger partial charge in [-0.1, -0.05) is 36.8 Å². The normalized spacial score (nSPS) is 16.0. The first kappa shape index (κ1) is 18.6. The molecule has 1 aromatic rings. The van der Waals surface area contributed by atoms with E-state index in [4.69, 9.17) is 4.43 Å². The Morgan fingerprint density at radius 2 is 1.74 bits per heavy atom. The molecular formula is C15H27ClNOSi. The van der Waals surface area contributed by atoms with Crippen LogP contribution in [0, 0.1) is 0 Å². The lowest BCUT2D eigenvalue weighted by Crippen LogP contribution is -3.00. The van der Waals surface area contributed by atoms with Gasteiger partial charge in [0.15, 0.2) is 0 Å². The second-order valence-corrected chi connectivity index (χ2v) is 8.13. The highest BCUT2D eigenvalue weighted by atomic mass is 35.5. The molecule has 1 radical (unpaired) electrons. The molecule has 0 aromatic heterocycles. The van der Waals surface area contributed by atoms with E-state index in [9.17, 15) is 0 Å². The lowest BCUT2D eigenvalue weighted by atomic mass is 10.2. The summed E-state index contributed by atoms with van der Waals surface area (Å²) < 4.78 is 6.37. The van der Waals surface area contributed by atoms with Gasteiger partial charge in [-0.2, -0.15) is 0 Å². The van der Waals surface area contributed by atoms with Crippen molar-refractivity contribution < 1.29 is 21.3 Å². The molecule has 0 atom stereocenters. The zero-order valence-electron chi connectivity index (χ0n) is 12.7. The molecule has 0 bridgehead atoms. The molecule has 19 heavy (non-hydrogen) atoms. The third-order valence-corrected chi connectivity index (χ3v) is 4.53. The zero-order valence-corrected chi connectivity index (χ0v) is 14.4. The molecule has 0 unspecified atom stereocenters. The first-order chi connectivity index (χ1) is 8.47. The number of hydrogen-bond acceptors (Lipinski definition) is 1. The van der Waals surface area contributed by atoms with Crippen molar-refractivity contribution in [3.05, 3.63) is 35.9 Å². The molecule has 0 aliphatic carbocycles. The lowest BCUT2D eigenvalue weighted by molar-refractivity contribution is -0.884. The van der Waals surface area contributed by atoms with Crippen LogP contribution >= 0.6 is 0 Å². The van der Waals surface area contributed by atoms with Gasteiger partial charge >= 0.3 is 0 Å². The van der Waals surface area contributed by atoms with Crippen molar-refractivity contribution in [2.45, 2.75) is 32.0 Å². The summed E-state index contributed by atoms with van der Waals surface area (Å²) in [5.74, 6) is 0. The molecule has 1 aliphatic heterocycles. The fourth-order valence-corrected chi connectivity index (χ4v) is 3.31. The third kappa shape index (κ3) is 10.1. The molecule has 2 nitrogen and oxygen atoms in total. The van der Waals surface area contributed by atoms with E-state index in [2.05, 4.69) is 58.0 Å². The fraction of sp³-hybridized carbons (Fsp3) is 0.600. The minimum atomic E-state index is -0.293. The maximum Gasteiger partial charge on any atom is 0.208 e. The largest absolute Gasteiger partial charge is 1.00 e. The van der Waals surface area contributed by atoms with Crippen molar-refractivity contribution in [2.24, 2.45) is 0 Å². The summed E-state index contributed by atoms with van der Waals surface area (Å²) in [5, 5.41) is 0. The topological polar surface area (TPSA) is 9.23 Å². The lowest BCUT2D eigenvalue weighted by Gasteiger charge is -2.23. The van der Waals surface area contributed by atoms with Gasteiger partial charge in [-0.15, -0.1) is 0 Å². The van der Waals surface area contributed by atoms with Crippen LogP contribution in [0.5, 0.6) is 0 Å². The second-order valence-electron chi connectivity index (χ2n) is 5.94. The van der Waals surface area contributed by atoms with Crippen molar-refractivity contribution in [1.29, 1.82) is 0 Å². The average Bonchev–Trinajstić information content (AvgIpc) is 2.30. The number of quaternary nitrogens is 1. The maximum absolute atomic E-state index is 5.38. The molecule has 0 saturated carbocycles. The molecule has 1 aliphatic rings. The zero-order chi connectivity index (χ0) is 13.4. The van der Waals surface area contributed by atoms with Gasteiger partial charge in [0.25, 0.3) is 0 Å². The summed E-state index contributed by atoms with van der Waals surface area (Å²) in [5.41, 5.74) is 1.40. The van der Waals surface area contributed by atoms with Gasteiger partial charge in [-0.3, -0.25) is 0 Å². The van der Waals surface area contributed by atoms with Gasteiger partial charge in [-0.05, 0) is 19.0 Å². The number of halogens is 1. The fourth-order valence-electron chi connectivity index (χ4n) is 1.93. The third-order valence-electron chi connectivity index (χ3n) is 2.77. The minimum absolute atomic E-state index is 0. The van der Waals surface area contributed by atoms with Crippen LogP contribution in [-0.2, 0) is 11.0 Å². The molecule has 1 fully saturated rings. The van der Waals surface area contributed by atoms with Crippen LogP contribution in [0.1, 0.15) is 18.4 Å². The van der Waals surface area contributed by atoms with Gasteiger partial charge in [0.1, 0.15) is 6.54 Å². The first-order valence-corrected chi connectivity index (χ1v) is 8.88. The highest BCUT2D eigenvalue weighted by molar-refractivity contribution is 6.50.